The molecule has 2 amide bonds. The topological polar surface area (TPSA) is 482 Å². The van der Waals surface area contributed by atoms with Crippen molar-refractivity contribution in [1.29, 1.82) is 0 Å². The van der Waals surface area contributed by atoms with Crippen molar-refractivity contribution in [2.45, 2.75) is 186 Å². The Balaban J connectivity index is 0.0000187. The van der Waals surface area contributed by atoms with Crippen molar-refractivity contribution in [2.24, 2.45) is 5.41 Å². The number of hydrogen-bond donors (Lipinski definition) is 9. The number of nitrogens with zero attached hydrogens (tertiary/aromatic N) is 4. The summed E-state index contributed by atoms with van der Waals surface area (Å²) >= 11 is 1.15. The van der Waals surface area contributed by atoms with Crippen LogP contribution in [-0.2, 0) is 50.7 Å². The van der Waals surface area contributed by atoms with Crippen molar-refractivity contribution in [3.8, 4) is 0 Å². The third kappa shape index (κ3) is 28.9. The fourth-order valence-corrected chi connectivity index (χ4v) is 11.2. The average molecular weight is 1170 g/mol. The fraction of sp³-hybridized carbons (Fsp3) is 0.778. The molecule has 1 saturated heterocycles. The van der Waals surface area contributed by atoms with Crippen molar-refractivity contribution in [2.75, 3.05) is 37.8 Å². The van der Waals surface area contributed by atoms with Gasteiger partial charge in [-0.15, -0.1) is 0 Å². The molecule has 31 heteroatoms. The summed E-state index contributed by atoms with van der Waals surface area (Å²) < 4.78 is 61.3. The zero-order chi connectivity index (χ0) is 53.9. The summed E-state index contributed by atoms with van der Waals surface area (Å²) in [5.74, 6) is -1.11. The maximum absolute atomic E-state index is 12.7. The van der Waals surface area contributed by atoms with Crippen molar-refractivity contribution in [1.82, 2.24) is 48.6 Å². The molecule has 0 aromatic carbocycles. The summed E-state index contributed by atoms with van der Waals surface area (Å²) in [5.41, 5.74) is 4.14. The molecule has 3 heterocycles. The molecule has 0 saturated carbocycles. The smallest absolute Gasteiger partial charge is 0.274 e. The zero-order valence-electron chi connectivity index (χ0n) is 45.3. The van der Waals surface area contributed by atoms with Crippen LogP contribution < -0.4 is 49.5 Å². The number of carbonyl (C=O) groups is 3. The molecule has 0 spiro atoms. The number of thioether (sulfide) groups is 1. The van der Waals surface area contributed by atoms with E-state index in [2.05, 4.69) is 62.5 Å². The van der Waals surface area contributed by atoms with Crippen LogP contribution in [0.5, 0.6) is 0 Å². The van der Waals surface area contributed by atoms with Gasteiger partial charge in [-0.2, -0.15) is 0 Å². The number of aliphatic hydroxyl groups excluding tert-OH is 2. The molecule has 0 bridgehead atoms. The number of imidazole rings is 1. The van der Waals surface area contributed by atoms with Crippen molar-refractivity contribution in [3.63, 3.8) is 0 Å². The van der Waals surface area contributed by atoms with E-state index in [9.17, 15) is 57.9 Å². The van der Waals surface area contributed by atoms with Gasteiger partial charge in [0, 0.05) is 37.1 Å². The average Bonchev–Trinajstić information content (AvgIpc) is 3.88. The van der Waals surface area contributed by atoms with Crippen molar-refractivity contribution >= 4 is 69.1 Å². The van der Waals surface area contributed by atoms with E-state index in [-0.39, 0.29) is 60.1 Å². The van der Waals surface area contributed by atoms with E-state index >= 15 is 0 Å². The number of amides is 2. The number of phosphoric acid groups is 3. The molecule has 8 unspecified atom stereocenters. The Labute approximate surface area is 451 Å². The first kappa shape index (κ1) is 73.2. The van der Waals surface area contributed by atoms with Gasteiger partial charge in [-0.05, 0) is 32.1 Å². The Morgan fingerprint density at radius 2 is 1.38 bits per heavy atom. The highest BCUT2D eigenvalue weighted by atomic mass is 32.2. The number of fused-ring (bicyclic) bond motifs is 1. The monoisotopic (exact) mass is 1170 g/mol. The number of nitrogens with two attached hydrogens (primary N) is 1. The number of rotatable bonds is 40. The third-order valence-electron chi connectivity index (χ3n) is 11.9. The maximum atomic E-state index is 12.7. The maximum Gasteiger partial charge on any atom is 0.274 e. The van der Waals surface area contributed by atoms with E-state index in [1.165, 1.54) is 117 Å². The summed E-state index contributed by atoms with van der Waals surface area (Å²) in [6, 6.07) is 0. The number of allylic oxidation sites excluding steroid dienone is 2. The standard InChI is InChI=1S/C45H80N7O17P3S.3H3N/c1-4-5-6-7-8-9-10-11-12-13-14-15-16-17-18-19-20-21-22-23-24-25-36(54)73-29-28-47-35(53)26-27-48-43(57)40(56)45(2,3)31-66-72(63,64)69-71(61,62)65-30-34-39(68-70(58,59)60)38(55)44(67-34)52-33-51-37-41(46)49-32-50-42(37)52;;;/h11-12,32-34,38-40,44,55-56H,4-10,13-31H2,1-3H3,(H,47,53)(H,48,57)(H,61,62)(H,63,64)(H2,46,49,50)(H2,58,59,60);3*1H3/b12-11+;;;. The van der Waals surface area contributed by atoms with Crippen molar-refractivity contribution in [3.05, 3.63) is 24.8 Å². The molecular formula is C45H89N10O17P3S. The number of ether oxygens (including phenoxy) is 1. The molecule has 3 rings (SSSR count). The third-order valence-corrected chi connectivity index (χ3v) is 15.8. The van der Waals surface area contributed by atoms with Gasteiger partial charge in [0.05, 0.1) is 19.5 Å². The lowest BCUT2D eigenvalue weighted by atomic mass is 9.87. The van der Waals surface area contributed by atoms with E-state index in [1.807, 2.05) is 0 Å². The molecule has 1 aliphatic rings. The van der Waals surface area contributed by atoms with E-state index in [1.54, 1.807) is 0 Å². The summed E-state index contributed by atoms with van der Waals surface area (Å²) in [7, 11) is -17.3. The second kappa shape index (κ2) is 37.9. The van der Waals surface area contributed by atoms with Crippen molar-refractivity contribution < 1.29 is 80.5 Å². The normalized spacial score (nSPS) is 19.4. The highest BCUT2D eigenvalue weighted by molar-refractivity contribution is 8.13. The Bertz CT molecular complexity index is 2160. The number of nitrogen functional groups attached to an aromatic ring is 1. The number of anilines is 1. The van der Waals surface area contributed by atoms with Crippen LogP contribution in [0.3, 0.4) is 0 Å². The number of hydrogen-bond acceptors (Lipinski definition) is 21. The molecular weight excluding hydrogens is 1080 g/mol. The predicted molar refractivity (Wildman–Crippen MR) is 286 cm³/mol. The van der Waals surface area contributed by atoms with Crippen LogP contribution in [0.1, 0.15) is 162 Å². The van der Waals surface area contributed by atoms with Crippen LogP contribution in [-0.4, -0.2) is 108 Å². The SMILES string of the molecule is CCCCCCCC/C=C/CCCCCCCCCCCCCC(=O)SCCNC(=O)CCNC(=O)C(O)C(C)(C)COP(=O)([O-])OP(=O)([O-])OCC1OC(n2cnc3c(N)ncnc32)C(O)C1OP(=O)([O-])O.[NH4+].[NH4+].[NH4+]. The van der Waals surface area contributed by atoms with Gasteiger partial charge in [0.2, 0.25) is 11.8 Å². The molecule has 2 aromatic heterocycles. The van der Waals surface area contributed by atoms with Crippen LogP contribution in [0.15, 0.2) is 24.8 Å². The molecule has 0 radical (unpaired) electrons. The first-order valence-electron chi connectivity index (χ1n) is 25.2. The first-order valence-corrected chi connectivity index (χ1v) is 30.6. The van der Waals surface area contributed by atoms with Crippen LogP contribution >= 0.6 is 35.2 Å². The largest absolute Gasteiger partial charge is 0.756 e. The number of carbonyl (C=O) groups excluding carboxylic acids is 3. The van der Waals surface area contributed by atoms with E-state index in [0.29, 0.717) is 12.2 Å². The minimum atomic E-state index is -5.91. The second-order valence-corrected chi connectivity index (χ2v) is 23.9. The van der Waals surface area contributed by atoms with E-state index in [0.717, 1.165) is 48.2 Å². The van der Waals surface area contributed by atoms with Gasteiger partial charge in [0.15, 0.2) is 22.8 Å². The molecule has 0 aliphatic carbocycles. The van der Waals surface area contributed by atoms with Gasteiger partial charge >= 0.3 is 0 Å². The molecule has 1 aliphatic heterocycles. The van der Waals surface area contributed by atoms with Crippen LogP contribution in [0, 0.1) is 5.41 Å². The molecule has 27 nitrogen and oxygen atoms in total. The molecule has 8 atom stereocenters. The van der Waals surface area contributed by atoms with Gasteiger partial charge in [0.25, 0.3) is 23.5 Å². The molecule has 19 N–H and O–H groups in total. The molecule has 1 fully saturated rings. The molecule has 442 valence electrons. The van der Waals surface area contributed by atoms with Gasteiger partial charge in [-0.25, -0.2) is 19.3 Å². The van der Waals surface area contributed by atoms with Gasteiger partial charge < -0.3 is 82.9 Å². The van der Waals surface area contributed by atoms with Gasteiger partial charge in [0.1, 0.15) is 36.3 Å². The molecule has 76 heavy (non-hydrogen) atoms. The van der Waals surface area contributed by atoms with Crippen LogP contribution in [0.25, 0.3) is 11.2 Å². The predicted octanol–water partition coefficient (Wildman–Crippen LogP) is 6.28. The number of quaternary nitrogens is 3. The van der Waals surface area contributed by atoms with E-state index < -0.39 is 84.6 Å². The van der Waals surface area contributed by atoms with Crippen LogP contribution in [0.2, 0.25) is 0 Å². The lowest BCUT2D eigenvalue weighted by molar-refractivity contribution is -0.247. The molecule has 2 aromatic rings. The number of nitrogens with one attached hydrogen (secondary N) is 2. The minimum Gasteiger partial charge on any atom is -0.756 e. The lowest BCUT2D eigenvalue weighted by Gasteiger charge is -2.35. The number of unbranched alkanes of at least 4 members (excludes halogenated alkanes) is 17. The summed E-state index contributed by atoms with van der Waals surface area (Å²) in [5, 5.41) is 26.6. The highest BCUT2D eigenvalue weighted by Crippen LogP contribution is 2.56. The van der Waals surface area contributed by atoms with Gasteiger partial charge in [-0.3, -0.25) is 32.6 Å². The Morgan fingerprint density at radius 3 is 1.96 bits per heavy atom. The summed E-state index contributed by atoms with van der Waals surface area (Å²) in [6.07, 6.45) is 21.4. The van der Waals surface area contributed by atoms with Gasteiger partial charge in [-0.1, -0.05) is 135 Å². The number of phosphoric ester groups is 3. The number of aromatic nitrogens is 4. The Morgan fingerprint density at radius 1 is 0.829 bits per heavy atom. The number of aliphatic hydroxyl groups is 2. The quantitative estimate of drug-likeness (QED) is 0.0201. The highest BCUT2D eigenvalue weighted by Gasteiger charge is 2.48. The Kier molecular flexibility index (Phi) is 36.5. The second-order valence-electron chi connectivity index (χ2n) is 18.7. The minimum absolute atomic E-state index is 0. The first-order chi connectivity index (χ1) is 34.6. The fourth-order valence-electron chi connectivity index (χ4n) is 7.75. The van der Waals surface area contributed by atoms with Crippen LogP contribution in [0.4, 0.5) is 5.82 Å². The Hall–Kier alpha value is -2.82. The summed E-state index contributed by atoms with van der Waals surface area (Å²) in [4.78, 5) is 95.1. The summed E-state index contributed by atoms with van der Waals surface area (Å²) in [6.45, 7) is 2.48. The van der Waals surface area contributed by atoms with E-state index in [4.69, 9.17) is 10.5 Å². The lowest BCUT2D eigenvalue weighted by Crippen LogP contribution is -2.46. The zero-order valence-corrected chi connectivity index (χ0v) is 48.8.